The minimum Gasteiger partial charge on any atom is -0.399 e. The predicted molar refractivity (Wildman–Crippen MR) is 80.2 cm³/mol. The van der Waals surface area contributed by atoms with E-state index in [0.717, 1.165) is 36.9 Å². The van der Waals surface area contributed by atoms with Crippen LogP contribution in [0.1, 0.15) is 44.1 Å². The summed E-state index contributed by atoms with van der Waals surface area (Å²) in [5, 5.41) is 12.6. The number of amides is 1. The van der Waals surface area contributed by atoms with E-state index < -0.39 is 0 Å². The molecule has 1 aliphatic rings. The van der Waals surface area contributed by atoms with Crippen LogP contribution in [0.15, 0.2) is 24.3 Å². The number of aliphatic hydroxyl groups is 1. The van der Waals surface area contributed by atoms with Crippen LogP contribution in [0.25, 0.3) is 0 Å². The van der Waals surface area contributed by atoms with E-state index in [1.54, 1.807) is 0 Å². The molecule has 1 saturated carbocycles. The van der Waals surface area contributed by atoms with Crippen molar-refractivity contribution in [3.63, 3.8) is 0 Å². The molecular weight excluding hydrogens is 252 g/mol. The van der Waals surface area contributed by atoms with Crippen LogP contribution < -0.4 is 11.1 Å². The molecule has 1 aliphatic carbocycles. The van der Waals surface area contributed by atoms with Crippen molar-refractivity contribution in [1.82, 2.24) is 5.32 Å². The molecule has 0 aliphatic heterocycles. The summed E-state index contributed by atoms with van der Waals surface area (Å²) < 4.78 is 0. The maximum Gasteiger partial charge on any atom is 0.220 e. The number of aryl methyl sites for hydroxylation is 1. The first kappa shape index (κ1) is 14.9. The lowest BCUT2D eigenvalue weighted by atomic mass is 9.82. The largest absolute Gasteiger partial charge is 0.399 e. The van der Waals surface area contributed by atoms with Crippen LogP contribution in [0.4, 0.5) is 5.69 Å². The lowest BCUT2D eigenvalue weighted by Crippen LogP contribution is -2.52. The number of anilines is 1. The summed E-state index contributed by atoms with van der Waals surface area (Å²) >= 11 is 0. The maximum absolute atomic E-state index is 12.1. The highest BCUT2D eigenvalue weighted by molar-refractivity contribution is 5.77. The minimum absolute atomic E-state index is 0.0170. The lowest BCUT2D eigenvalue weighted by Gasteiger charge is -2.36. The number of nitrogen functional groups attached to an aromatic ring is 1. The van der Waals surface area contributed by atoms with E-state index >= 15 is 0 Å². The molecule has 4 heteroatoms. The van der Waals surface area contributed by atoms with Crippen molar-refractivity contribution in [3.8, 4) is 0 Å². The van der Waals surface area contributed by atoms with Crippen molar-refractivity contribution >= 4 is 11.6 Å². The topological polar surface area (TPSA) is 75.4 Å². The Kier molecular flexibility index (Phi) is 5.01. The van der Waals surface area contributed by atoms with Crippen molar-refractivity contribution in [2.75, 3.05) is 12.3 Å². The van der Waals surface area contributed by atoms with E-state index in [4.69, 9.17) is 5.73 Å². The van der Waals surface area contributed by atoms with Gasteiger partial charge in [0.2, 0.25) is 5.91 Å². The number of hydrogen-bond acceptors (Lipinski definition) is 3. The number of aliphatic hydroxyl groups excluding tert-OH is 1. The van der Waals surface area contributed by atoms with Gasteiger partial charge in [-0.25, -0.2) is 0 Å². The molecule has 0 saturated heterocycles. The Morgan fingerprint density at radius 1 is 1.30 bits per heavy atom. The summed E-state index contributed by atoms with van der Waals surface area (Å²) in [7, 11) is 0. The van der Waals surface area contributed by atoms with Crippen molar-refractivity contribution in [1.29, 1.82) is 0 Å². The lowest BCUT2D eigenvalue weighted by molar-refractivity contribution is -0.124. The van der Waals surface area contributed by atoms with Gasteiger partial charge in [0.25, 0.3) is 0 Å². The zero-order valence-corrected chi connectivity index (χ0v) is 11.9. The third-order valence-corrected chi connectivity index (χ3v) is 4.11. The summed E-state index contributed by atoms with van der Waals surface area (Å²) in [6.07, 6.45) is 6.23. The Morgan fingerprint density at radius 2 is 2.05 bits per heavy atom. The Labute approximate surface area is 120 Å². The smallest absolute Gasteiger partial charge is 0.220 e. The normalized spacial score (nSPS) is 17.6. The van der Waals surface area contributed by atoms with Crippen LogP contribution in [-0.4, -0.2) is 23.2 Å². The second kappa shape index (κ2) is 6.75. The van der Waals surface area contributed by atoms with E-state index in [-0.39, 0.29) is 18.1 Å². The van der Waals surface area contributed by atoms with Crippen molar-refractivity contribution in [2.24, 2.45) is 0 Å². The first-order chi connectivity index (χ1) is 9.63. The van der Waals surface area contributed by atoms with Gasteiger partial charge in [-0.15, -0.1) is 0 Å². The molecule has 0 unspecified atom stereocenters. The van der Waals surface area contributed by atoms with Gasteiger partial charge >= 0.3 is 0 Å². The van der Waals surface area contributed by atoms with Gasteiger partial charge in [-0.1, -0.05) is 31.4 Å². The van der Waals surface area contributed by atoms with E-state index in [1.165, 1.54) is 6.42 Å². The molecule has 1 amide bonds. The molecule has 20 heavy (non-hydrogen) atoms. The first-order valence-electron chi connectivity index (χ1n) is 7.40. The van der Waals surface area contributed by atoms with Gasteiger partial charge in [-0.2, -0.15) is 0 Å². The van der Waals surface area contributed by atoms with Crippen molar-refractivity contribution in [2.45, 2.75) is 50.5 Å². The molecular formula is C16H24N2O2. The summed E-state index contributed by atoms with van der Waals surface area (Å²) in [6, 6.07) is 7.62. The van der Waals surface area contributed by atoms with Crippen LogP contribution in [0.2, 0.25) is 0 Å². The van der Waals surface area contributed by atoms with Gasteiger partial charge in [0.1, 0.15) is 0 Å². The molecule has 1 aromatic rings. The zero-order chi connectivity index (χ0) is 14.4. The first-order valence-corrected chi connectivity index (χ1v) is 7.40. The molecule has 4 N–H and O–H groups in total. The van der Waals surface area contributed by atoms with Crippen LogP contribution in [-0.2, 0) is 11.2 Å². The number of carbonyl (C=O) groups is 1. The summed E-state index contributed by atoms with van der Waals surface area (Å²) in [5.74, 6) is 0.0170. The highest BCUT2D eigenvalue weighted by atomic mass is 16.3. The summed E-state index contributed by atoms with van der Waals surface area (Å²) in [5.41, 5.74) is 7.13. The van der Waals surface area contributed by atoms with Crippen LogP contribution in [0.3, 0.4) is 0 Å². The molecule has 0 radical (unpaired) electrons. The monoisotopic (exact) mass is 276 g/mol. The molecule has 1 aromatic carbocycles. The second-order valence-corrected chi connectivity index (χ2v) is 5.79. The fourth-order valence-corrected chi connectivity index (χ4v) is 2.92. The number of carbonyl (C=O) groups excluding carboxylic acids is 1. The molecule has 1 fully saturated rings. The molecule has 110 valence electrons. The highest BCUT2D eigenvalue weighted by Gasteiger charge is 2.32. The van der Waals surface area contributed by atoms with Crippen LogP contribution in [0.5, 0.6) is 0 Å². The van der Waals surface area contributed by atoms with Crippen LogP contribution in [0, 0.1) is 0 Å². The Hall–Kier alpha value is -1.55. The fourth-order valence-electron chi connectivity index (χ4n) is 2.92. The molecule has 0 atom stereocenters. The van der Waals surface area contributed by atoms with Gasteiger partial charge in [-0.3, -0.25) is 4.79 Å². The third kappa shape index (κ3) is 3.97. The molecule has 2 rings (SSSR count). The zero-order valence-electron chi connectivity index (χ0n) is 11.9. The highest BCUT2D eigenvalue weighted by Crippen LogP contribution is 2.27. The van der Waals surface area contributed by atoms with E-state index in [1.807, 2.05) is 24.3 Å². The van der Waals surface area contributed by atoms with E-state index in [0.29, 0.717) is 12.8 Å². The van der Waals surface area contributed by atoms with Gasteiger partial charge in [0, 0.05) is 12.1 Å². The molecule has 0 spiro atoms. The number of hydrogen-bond donors (Lipinski definition) is 3. The molecule has 0 heterocycles. The van der Waals surface area contributed by atoms with E-state index in [2.05, 4.69) is 5.32 Å². The number of benzene rings is 1. The SMILES string of the molecule is Nc1cccc(CCC(=O)NC2(CO)CCCCC2)c1. The van der Waals surface area contributed by atoms with Crippen molar-refractivity contribution in [3.05, 3.63) is 29.8 Å². The van der Waals surface area contributed by atoms with E-state index in [9.17, 15) is 9.90 Å². The average molecular weight is 276 g/mol. The van der Waals surface area contributed by atoms with Crippen molar-refractivity contribution < 1.29 is 9.90 Å². The standard InChI is InChI=1S/C16H24N2O2/c17-14-6-4-5-13(11-14)7-8-15(20)18-16(12-19)9-2-1-3-10-16/h4-6,11,19H,1-3,7-10,12,17H2,(H,18,20). The summed E-state index contributed by atoms with van der Waals surface area (Å²) in [6.45, 7) is 0.0387. The van der Waals surface area contributed by atoms with Gasteiger partial charge in [-0.05, 0) is 37.0 Å². The van der Waals surface area contributed by atoms with Gasteiger partial charge in [0.05, 0.1) is 12.1 Å². The Bertz CT molecular complexity index is 454. The quantitative estimate of drug-likeness (QED) is 0.720. The number of nitrogens with two attached hydrogens (primary N) is 1. The number of rotatable bonds is 5. The average Bonchev–Trinajstić information content (AvgIpc) is 2.46. The Morgan fingerprint density at radius 3 is 2.70 bits per heavy atom. The number of nitrogens with one attached hydrogen (secondary N) is 1. The molecule has 0 aromatic heterocycles. The van der Waals surface area contributed by atoms with Crippen LogP contribution >= 0.6 is 0 Å². The summed E-state index contributed by atoms with van der Waals surface area (Å²) in [4.78, 5) is 12.1. The maximum atomic E-state index is 12.1. The second-order valence-electron chi connectivity index (χ2n) is 5.79. The predicted octanol–water partition coefficient (Wildman–Crippen LogP) is 2.01. The fraction of sp³-hybridized carbons (Fsp3) is 0.562. The van der Waals surface area contributed by atoms with Gasteiger partial charge in [0.15, 0.2) is 0 Å². The molecule has 0 bridgehead atoms. The van der Waals surface area contributed by atoms with Gasteiger partial charge < -0.3 is 16.2 Å². The Balaban J connectivity index is 1.85. The third-order valence-electron chi connectivity index (χ3n) is 4.11. The minimum atomic E-state index is -0.384. The molecule has 4 nitrogen and oxygen atoms in total.